The predicted molar refractivity (Wildman–Crippen MR) is 66.0 cm³/mol. The Morgan fingerprint density at radius 2 is 2.07 bits per heavy atom. The zero-order chi connectivity index (χ0) is 11.3. The molecular weight excluding hydrogens is 186 g/mol. The smallest absolute Gasteiger partial charge is 0.0219 e. The normalized spacial score (nSPS) is 26.8. The Morgan fingerprint density at radius 3 is 2.60 bits per heavy atom. The molecule has 0 spiro atoms. The monoisotopic (exact) mass is 213 g/mol. The Hall–Kier alpha value is -0.120. The molecule has 2 atom stereocenters. The molecule has 2 N–H and O–H groups in total. The van der Waals surface area contributed by atoms with Crippen molar-refractivity contribution >= 4 is 0 Å². The third kappa shape index (κ3) is 3.44. The summed E-state index contributed by atoms with van der Waals surface area (Å²) in [5, 5.41) is 0. The van der Waals surface area contributed by atoms with Crippen LogP contribution in [0.3, 0.4) is 0 Å². The van der Waals surface area contributed by atoms with Crippen LogP contribution in [-0.2, 0) is 0 Å². The molecule has 0 aromatic heterocycles. The minimum absolute atomic E-state index is 0.609. The van der Waals surface area contributed by atoms with Crippen LogP contribution >= 0.6 is 0 Å². The van der Waals surface area contributed by atoms with Gasteiger partial charge in [0.2, 0.25) is 0 Å². The van der Waals surface area contributed by atoms with Gasteiger partial charge in [0.05, 0.1) is 0 Å². The highest BCUT2D eigenvalue weighted by Crippen LogP contribution is 2.15. The Morgan fingerprint density at radius 1 is 1.33 bits per heavy atom. The second kappa shape index (κ2) is 6.46. The Kier molecular flexibility index (Phi) is 5.58. The number of nitrogens with two attached hydrogens (primary N) is 1. The van der Waals surface area contributed by atoms with Gasteiger partial charge in [0, 0.05) is 38.3 Å². The van der Waals surface area contributed by atoms with Crippen molar-refractivity contribution in [1.29, 1.82) is 0 Å². The second-order valence-electron chi connectivity index (χ2n) is 4.72. The van der Waals surface area contributed by atoms with Gasteiger partial charge in [0.1, 0.15) is 0 Å². The fourth-order valence-corrected chi connectivity index (χ4v) is 2.53. The first kappa shape index (κ1) is 12.9. The fraction of sp³-hybridized carbons (Fsp3) is 1.00. The summed E-state index contributed by atoms with van der Waals surface area (Å²) in [5.41, 5.74) is 5.86. The zero-order valence-electron chi connectivity index (χ0n) is 10.6. The van der Waals surface area contributed by atoms with E-state index in [-0.39, 0.29) is 0 Å². The lowest BCUT2D eigenvalue weighted by Crippen LogP contribution is -2.55. The van der Waals surface area contributed by atoms with Crippen LogP contribution in [0.25, 0.3) is 0 Å². The van der Waals surface area contributed by atoms with Gasteiger partial charge in [0.15, 0.2) is 0 Å². The van der Waals surface area contributed by atoms with Crippen LogP contribution in [0.4, 0.5) is 0 Å². The summed E-state index contributed by atoms with van der Waals surface area (Å²) in [7, 11) is 2.24. The van der Waals surface area contributed by atoms with E-state index in [2.05, 4.69) is 30.7 Å². The van der Waals surface area contributed by atoms with Crippen molar-refractivity contribution in [2.45, 2.75) is 45.2 Å². The van der Waals surface area contributed by atoms with Gasteiger partial charge in [-0.3, -0.25) is 4.90 Å². The van der Waals surface area contributed by atoms with Gasteiger partial charge in [-0.15, -0.1) is 0 Å². The number of piperazine rings is 1. The molecule has 2 unspecified atom stereocenters. The molecule has 1 aliphatic rings. The lowest BCUT2D eigenvalue weighted by atomic mass is 10.1. The Labute approximate surface area is 94.6 Å². The first-order valence-electron chi connectivity index (χ1n) is 6.37. The van der Waals surface area contributed by atoms with Crippen molar-refractivity contribution in [2.24, 2.45) is 5.73 Å². The molecule has 1 rings (SSSR count). The van der Waals surface area contributed by atoms with Crippen LogP contribution in [0.5, 0.6) is 0 Å². The third-order valence-corrected chi connectivity index (χ3v) is 3.69. The number of nitrogens with zero attached hydrogens (tertiary/aromatic N) is 2. The third-order valence-electron chi connectivity index (χ3n) is 3.69. The maximum Gasteiger partial charge on any atom is 0.0219 e. The molecule has 15 heavy (non-hydrogen) atoms. The van der Waals surface area contributed by atoms with Crippen LogP contribution in [0.1, 0.15) is 33.1 Å². The molecule has 0 aromatic rings. The highest BCUT2D eigenvalue weighted by Gasteiger charge is 2.26. The van der Waals surface area contributed by atoms with Crippen molar-refractivity contribution in [2.75, 3.05) is 33.2 Å². The van der Waals surface area contributed by atoms with Crippen molar-refractivity contribution in [3.8, 4) is 0 Å². The van der Waals surface area contributed by atoms with Gasteiger partial charge < -0.3 is 10.6 Å². The molecule has 3 heteroatoms. The SMILES string of the molecule is CCCC(CN)N1CCN(C)C(CC)C1. The average Bonchev–Trinajstić information content (AvgIpc) is 2.27. The summed E-state index contributed by atoms with van der Waals surface area (Å²) in [6.07, 6.45) is 3.73. The van der Waals surface area contributed by atoms with Gasteiger partial charge in [-0.2, -0.15) is 0 Å². The summed E-state index contributed by atoms with van der Waals surface area (Å²) in [6, 6.07) is 1.34. The van der Waals surface area contributed by atoms with E-state index in [1.807, 2.05) is 0 Å². The number of hydrogen-bond acceptors (Lipinski definition) is 3. The lowest BCUT2D eigenvalue weighted by Gasteiger charge is -2.42. The van der Waals surface area contributed by atoms with Gasteiger partial charge >= 0.3 is 0 Å². The molecule has 1 aliphatic heterocycles. The topological polar surface area (TPSA) is 32.5 Å². The Bertz CT molecular complexity index is 172. The van der Waals surface area contributed by atoms with E-state index in [0.29, 0.717) is 6.04 Å². The summed E-state index contributed by atoms with van der Waals surface area (Å²) < 4.78 is 0. The van der Waals surface area contributed by atoms with Crippen LogP contribution in [0.2, 0.25) is 0 Å². The molecule has 3 nitrogen and oxygen atoms in total. The van der Waals surface area contributed by atoms with Crippen LogP contribution in [-0.4, -0.2) is 55.1 Å². The van der Waals surface area contributed by atoms with Crippen molar-refractivity contribution in [3.05, 3.63) is 0 Å². The van der Waals surface area contributed by atoms with E-state index >= 15 is 0 Å². The molecule has 1 saturated heterocycles. The van der Waals surface area contributed by atoms with E-state index in [1.165, 1.54) is 38.9 Å². The minimum Gasteiger partial charge on any atom is -0.329 e. The maximum atomic E-state index is 5.86. The maximum absolute atomic E-state index is 5.86. The largest absolute Gasteiger partial charge is 0.329 e. The number of rotatable bonds is 5. The molecular formula is C12H27N3. The van der Waals surface area contributed by atoms with E-state index < -0.39 is 0 Å². The first-order chi connectivity index (χ1) is 7.22. The summed E-state index contributed by atoms with van der Waals surface area (Å²) >= 11 is 0. The standard InChI is InChI=1S/C12H27N3/c1-4-6-12(9-13)15-8-7-14(3)11(5-2)10-15/h11-12H,4-10,13H2,1-3H3. The van der Waals surface area contributed by atoms with E-state index in [0.717, 1.165) is 12.6 Å². The van der Waals surface area contributed by atoms with E-state index in [4.69, 9.17) is 5.73 Å². The number of likely N-dealkylation sites (N-methyl/N-ethyl adjacent to an activating group) is 1. The second-order valence-corrected chi connectivity index (χ2v) is 4.72. The van der Waals surface area contributed by atoms with Crippen LogP contribution in [0, 0.1) is 0 Å². The molecule has 0 saturated carbocycles. The highest BCUT2D eigenvalue weighted by molar-refractivity contribution is 4.83. The molecule has 0 aromatic carbocycles. The van der Waals surface area contributed by atoms with Crippen molar-refractivity contribution in [1.82, 2.24) is 9.80 Å². The van der Waals surface area contributed by atoms with Gasteiger partial charge in [-0.05, 0) is 19.9 Å². The molecule has 0 radical (unpaired) electrons. The fourth-order valence-electron chi connectivity index (χ4n) is 2.53. The highest BCUT2D eigenvalue weighted by atomic mass is 15.3. The van der Waals surface area contributed by atoms with Crippen LogP contribution < -0.4 is 5.73 Å². The summed E-state index contributed by atoms with van der Waals surface area (Å²) in [5.74, 6) is 0. The molecule has 1 heterocycles. The van der Waals surface area contributed by atoms with E-state index in [9.17, 15) is 0 Å². The molecule has 0 bridgehead atoms. The molecule has 1 fully saturated rings. The van der Waals surface area contributed by atoms with E-state index in [1.54, 1.807) is 0 Å². The van der Waals surface area contributed by atoms with Crippen molar-refractivity contribution < 1.29 is 0 Å². The number of hydrogen-bond donors (Lipinski definition) is 1. The van der Waals surface area contributed by atoms with Gasteiger partial charge in [0.25, 0.3) is 0 Å². The zero-order valence-corrected chi connectivity index (χ0v) is 10.6. The lowest BCUT2D eigenvalue weighted by molar-refractivity contribution is 0.0617. The molecule has 90 valence electrons. The molecule has 0 amide bonds. The average molecular weight is 213 g/mol. The Balaban J connectivity index is 2.48. The summed E-state index contributed by atoms with van der Waals surface area (Å²) in [6.45, 7) is 8.93. The predicted octanol–water partition coefficient (Wildman–Crippen LogP) is 1.14. The van der Waals surface area contributed by atoms with Gasteiger partial charge in [-0.1, -0.05) is 20.3 Å². The van der Waals surface area contributed by atoms with Crippen LogP contribution in [0.15, 0.2) is 0 Å². The quantitative estimate of drug-likeness (QED) is 0.743. The van der Waals surface area contributed by atoms with Gasteiger partial charge in [-0.25, -0.2) is 0 Å². The van der Waals surface area contributed by atoms with Crippen molar-refractivity contribution in [3.63, 3.8) is 0 Å². The summed E-state index contributed by atoms with van der Waals surface area (Å²) in [4.78, 5) is 5.08. The molecule has 0 aliphatic carbocycles. The first-order valence-corrected chi connectivity index (χ1v) is 6.37. The minimum atomic E-state index is 0.609.